The van der Waals surface area contributed by atoms with Crippen LogP contribution in [0.25, 0.3) is 23.2 Å². The SMILES string of the molecule is C=CCCc1nc2cc(/C=C/c3noc(C(F)(F)F)n3)ccc2n1CCN(CC)CC. The molecule has 31 heavy (non-hydrogen) atoms. The Morgan fingerprint density at radius 2 is 1.94 bits per heavy atom. The van der Waals surface area contributed by atoms with Crippen molar-refractivity contribution in [3.05, 3.63) is 54.0 Å². The molecule has 9 heteroatoms. The van der Waals surface area contributed by atoms with Gasteiger partial charge in [0.1, 0.15) is 5.82 Å². The predicted molar refractivity (Wildman–Crippen MR) is 114 cm³/mol. The van der Waals surface area contributed by atoms with E-state index in [4.69, 9.17) is 4.98 Å². The van der Waals surface area contributed by atoms with Gasteiger partial charge in [0.2, 0.25) is 0 Å². The van der Waals surface area contributed by atoms with E-state index in [0.29, 0.717) is 0 Å². The molecule has 166 valence electrons. The Hall–Kier alpha value is -2.94. The van der Waals surface area contributed by atoms with Crippen molar-refractivity contribution < 1.29 is 17.7 Å². The van der Waals surface area contributed by atoms with Gasteiger partial charge in [-0.2, -0.15) is 18.2 Å². The number of allylic oxidation sites excluding steroid dienone is 1. The summed E-state index contributed by atoms with van der Waals surface area (Å²) in [5, 5.41) is 3.34. The molecule has 0 aliphatic carbocycles. The van der Waals surface area contributed by atoms with Gasteiger partial charge in [0.15, 0.2) is 5.82 Å². The van der Waals surface area contributed by atoms with E-state index in [1.807, 2.05) is 24.3 Å². The Balaban J connectivity index is 1.85. The minimum Gasteiger partial charge on any atom is -0.329 e. The molecule has 0 spiro atoms. The number of imidazole rings is 1. The molecule has 3 aromatic rings. The molecule has 0 N–H and O–H groups in total. The summed E-state index contributed by atoms with van der Waals surface area (Å²) in [5.41, 5.74) is 2.65. The average Bonchev–Trinajstić information content (AvgIpc) is 3.36. The number of likely N-dealkylation sites (N-methyl/N-ethyl adjacent to an activating group) is 1. The van der Waals surface area contributed by atoms with Crippen LogP contribution in [0.2, 0.25) is 0 Å². The highest BCUT2D eigenvalue weighted by molar-refractivity contribution is 5.81. The van der Waals surface area contributed by atoms with Crippen molar-refractivity contribution in [1.29, 1.82) is 0 Å². The van der Waals surface area contributed by atoms with Crippen LogP contribution in [0.4, 0.5) is 13.2 Å². The number of rotatable bonds is 10. The zero-order valence-corrected chi connectivity index (χ0v) is 17.7. The maximum atomic E-state index is 12.6. The number of benzene rings is 1. The monoisotopic (exact) mass is 433 g/mol. The Kier molecular flexibility index (Phi) is 7.27. The molecule has 1 aromatic carbocycles. The van der Waals surface area contributed by atoms with Crippen LogP contribution in [-0.4, -0.2) is 44.2 Å². The second-order valence-corrected chi connectivity index (χ2v) is 7.07. The van der Waals surface area contributed by atoms with Gasteiger partial charge in [-0.3, -0.25) is 0 Å². The fourth-order valence-electron chi connectivity index (χ4n) is 3.34. The van der Waals surface area contributed by atoms with E-state index in [1.165, 1.54) is 6.08 Å². The van der Waals surface area contributed by atoms with E-state index in [1.54, 1.807) is 6.08 Å². The molecular formula is C22H26F3N5O. The highest BCUT2D eigenvalue weighted by atomic mass is 19.4. The van der Waals surface area contributed by atoms with Crippen molar-refractivity contribution in [2.45, 2.75) is 39.4 Å². The first kappa shape index (κ1) is 22.7. The van der Waals surface area contributed by atoms with E-state index < -0.39 is 12.1 Å². The molecule has 6 nitrogen and oxygen atoms in total. The lowest BCUT2D eigenvalue weighted by atomic mass is 10.2. The third kappa shape index (κ3) is 5.61. The molecule has 0 aliphatic rings. The van der Waals surface area contributed by atoms with Gasteiger partial charge in [-0.25, -0.2) is 4.98 Å². The van der Waals surface area contributed by atoms with Gasteiger partial charge in [-0.05, 0) is 43.3 Å². The van der Waals surface area contributed by atoms with Crippen molar-refractivity contribution in [2.75, 3.05) is 19.6 Å². The Labute approximate surface area is 179 Å². The third-order valence-corrected chi connectivity index (χ3v) is 5.07. The zero-order chi connectivity index (χ0) is 22.4. The molecule has 0 bridgehead atoms. The van der Waals surface area contributed by atoms with Crippen LogP contribution in [0.3, 0.4) is 0 Å². The molecule has 0 atom stereocenters. The number of nitrogens with zero attached hydrogens (tertiary/aromatic N) is 5. The van der Waals surface area contributed by atoms with Crippen LogP contribution < -0.4 is 0 Å². The average molecular weight is 433 g/mol. The highest BCUT2D eigenvalue weighted by Gasteiger charge is 2.38. The van der Waals surface area contributed by atoms with Gasteiger partial charge in [0, 0.05) is 19.5 Å². The summed E-state index contributed by atoms with van der Waals surface area (Å²) in [5.74, 6) is -0.499. The molecule has 0 saturated heterocycles. The lowest BCUT2D eigenvalue weighted by Crippen LogP contribution is -2.27. The van der Waals surface area contributed by atoms with Gasteiger partial charge >= 0.3 is 12.1 Å². The first-order valence-electron chi connectivity index (χ1n) is 10.3. The summed E-state index contributed by atoms with van der Waals surface area (Å²) >= 11 is 0. The number of fused-ring (bicyclic) bond motifs is 1. The molecule has 0 aliphatic heterocycles. The van der Waals surface area contributed by atoms with Crippen molar-refractivity contribution >= 4 is 23.2 Å². The smallest absolute Gasteiger partial charge is 0.329 e. The predicted octanol–water partition coefficient (Wildman–Crippen LogP) is 5.07. The summed E-state index contributed by atoms with van der Waals surface area (Å²) < 4.78 is 44.2. The van der Waals surface area contributed by atoms with Crippen LogP contribution in [-0.2, 0) is 19.1 Å². The summed E-state index contributed by atoms with van der Waals surface area (Å²) in [6.07, 6.45) is 1.88. The zero-order valence-electron chi connectivity index (χ0n) is 17.7. The van der Waals surface area contributed by atoms with Crippen molar-refractivity contribution in [3.8, 4) is 0 Å². The summed E-state index contributed by atoms with van der Waals surface area (Å²) in [4.78, 5) is 10.5. The van der Waals surface area contributed by atoms with Crippen LogP contribution in [0.5, 0.6) is 0 Å². The number of aryl methyl sites for hydroxylation is 1. The van der Waals surface area contributed by atoms with Crippen LogP contribution in [0.1, 0.15) is 43.4 Å². The van der Waals surface area contributed by atoms with E-state index in [0.717, 1.165) is 61.4 Å². The van der Waals surface area contributed by atoms with Crippen molar-refractivity contribution in [1.82, 2.24) is 24.6 Å². The fourth-order valence-corrected chi connectivity index (χ4v) is 3.34. The molecule has 2 heterocycles. The third-order valence-electron chi connectivity index (χ3n) is 5.07. The van der Waals surface area contributed by atoms with Gasteiger partial charge in [0.25, 0.3) is 0 Å². The quantitative estimate of drug-likeness (QED) is 0.418. The molecule has 0 unspecified atom stereocenters. The molecule has 0 amide bonds. The Bertz CT molecular complexity index is 1050. The lowest BCUT2D eigenvalue weighted by molar-refractivity contribution is -0.159. The summed E-state index contributed by atoms with van der Waals surface area (Å²) in [7, 11) is 0. The van der Waals surface area contributed by atoms with Crippen LogP contribution in [0.15, 0.2) is 35.4 Å². The largest absolute Gasteiger partial charge is 0.471 e. The second kappa shape index (κ2) is 9.91. The Morgan fingerprint density at radius 3 is 2.58 bits per heavy atom. The number of aromatic nitrogens is 4. The van der Waals surface area contributed by atoms with Gasteiger partial charge < -0.3 is 14.0 Å². The molecule has 0 radical (unpaired) electrons. The van der Waals surface area contributed by atoms with Crippen molar-refractivity contribution in [2.24, 2.45) is 0 Å². The molecular weight excluding hydrogens is 407 g/mol. The maximum absolute atomic E-state index is 12.6. The summed E-state index contributed by atoms with van der Waals surface area (Å²) in [6, 6.07) is 5.79. The van der Waals surface area contributed by atoms with Crippen LogP contribution >= 0.6 is 0 Å². The Morgan fingerprint density at radius 1 is 1.16 bits per heavy atom. The van der Waals surface area contributed by atoms with Gasteiger partial charge in [-0.1, -0.05) is 37.2 Å². The van der Waals surface area contributed by atoms with E-state index >= 15 is 0 Å². The van der Waals surface area contributed by atoms with E-state index in [9.17, 15) is 13.2 Å². The second-order valence-electron chi connectivity index (χ2n) is 7.07. The number of alkyl halides is 3. The van der Waals surface area contributed by atoms with Gasteiger partial charge in [0.05, 0.1) is 11.0 Å². The highest BCUT2D eigenvalue weighted by Crippen LogP contribution is 2.27. The minimum absolute atomic E-state index is 0.135. The first-order chi connectivity index (χ1) is 14.9. The number of halogens is 3. The minimum atomic E-state index is -4.65. The number of hydrogen-bond acceptors (Lipinski definition) is 5. The fraction of sp³-hybridized carbons (Fsp3) is 0.409. The van der Waals surface area contributed by atoms with E-state index in [2.05, 4.69) is 44.6 Å². The molecule has 0 fully saturated rings. The lowest BCUT2D eigenvalue weighted by Gasteiger charge is -2.19. The molecule has 3 rings (SSSR count). The molecule has 2 aromatic heterocycles. The first-order valence-corrected chi connectivity index (χ1v) is 10.3. The standard InChI is InChI=1S/C22H26F3N5O/c1-4-7-8-20-26-17-15-16(10-12-19-27-21(31-28-19)22(23,24)25)9-11-18(17)30(20)14-13-29(5-2)6-3/h4,9-12,15H,1,5-8,13-14H2,2-3H3/b12-10+. The normalized spacial score (nSPS) is 12.5. The number of hydrogen-bond donors (Lipinski definition) is 0. The molecule has 0 saturated carbocycles. The topological polar surface area (TPSA) is 60.0 Å². The van der Waals surface area contributed by atoms with Crippen LogP contribution in [0, 0.1) is 0 Å². The van der Waals surface area contributed by atoms with Crippen molar-refractivity contribution in [3.63, 3.8) is 0 Å². The summed E-state index contributed by atoms with van der Waals surface area (Å²) in [6.45, 7) is 11.8. The van der Waals surface area contributed by atoms with Gasteiger partial charge in [-0.15, -0.1) is 6.58 Å². The maximum Gasteiger partial charge on any atom is 0.471 e. The van der Waals surface area contributed by atoms with E-state index in [-0.39, 0.29) is 5.82 Å².